The Morgan fingerprint density at radius 2 is 1.82 bits per heavy atom. The lowest BCUT2D eigenvalue weighted by atomic mass is 9.53. The van der Waals surface area contributed by atoms with Gasteiger partial charge < -0.3 is 24.8 Å². The number of unbranched alkanes of at least 4 members (excludes halogenated alkanes) is 1. The maximum absolute atomic E-state index is 13.2. The molecular formula is C35H48O9. The van der Waals surface area contributed by atoms with Crippen molar-refractivity contribution in [1.82, 2.24) is 0 Å². The number of aliphatic hydroxyl groups excluding tert-OH is 2. The second-order valence-electron chi connectivity index (χ2n) is 13.9. The molecule has 3 fully saturated rings. The van der Waals surface area contributed by atoms with E-state index in [-0.39, 0.29) is 54.2 Å². The molecule has 5 aliphatic rings. The number of fused-ring (bicyclic) bond motifs is 5. The predicted octanol–water partition coefficient (Wildman–Crippen LogP) is 4.07. The third-order valence-corrected chi connectivity index (χ3v) is 11.1. The van der Waals surface area contributed by atoms with E-state index >= 15 is 0 Å². The van der Waals surface area contributed by atoms with E-state index < -0.39 is 42.3 Å². The molecule has 0 spiro atoms. The summed E-state index contributed by atoms with van der Waals surface area (Å²) in [4.78, 5) is 49.5. The SMILES string of the molecule is CC12CCC(=O)C=C1CCC1C2=CCC2(O)C(C(=O)COC(=O)CCOC(=O)CCC/C=C\CC3CC(O)CC3O)CCC12. The normalized spacial score (nSPS) is 36.2. The van der Waals surface area contributed by atoms with Crippen LogP contribution in [0.1, 0.15) is 96.8 Å². The molecule has 9 nitrogen and oxygen atoms in total. The van der Waals surface area contributed by atoms with E-state index in [1.807, 2.05) is 18.2 Å². The average Bonchev–Trinajstić information content (AvgIpc) is 3.51. The van der Waals surface area contributed by atoms with Gasteiger partial charge in [0, 0.05) is 18.3 Å². The molecule has 44 heavy (non-hydrogen) atoms. The molecule has 8 unspecified atom stereocenters. The summed E-state index contributed by atoms with van der Waals surface area (Å²) < 4.78 is 10.4. The lowest BCUT2D eigenvalue weighted by Gasteiger charge is -2.52. The molecule has 0 amide bonds. The number of aliphatic hydroxyl groups is 3. The number of rotatable bonds is 12. The zero-order valence-electron chi connectivity index (χ0n) is 25.9. The van der Waals surface area contributed by atoms with Gasteiger partial charge in [-0.2, -0.15) is 0 Å². The molecule has 0 saturated heterocycles. The van der Waals surface area contributed by atoms with Crippen molar-refractivity contribution in [2.75, 3.05) is 13.2 Å². The van der Waals surface area contributed by atoms with Crippen molar-refractivity contribution in [3.05, 3.63) is 35.5 Å². The molecule has 0 aliphatic heterocycles. The van der Waals surface area contributed by atoms with Gasteiger partial charge in [0.15, 0.2) is 11.6 Å². The van der Waals surface area contributed by atoms with Crippen molar-refractivity contribution in [2.24, 2.45) is 29.1 Å². The molecule has 0 aromatic heterocycles. The van der Waals surface area contributed by atoms with Crippen molar-refractivity contribution in [3.63, 3.8) is 0 Å². The van der Waals surface area contributed by atoms with Crippen LogP contribution in [0.2, 0.25) is 0 Å². The molecule has 0 heterocycles. The van der Waals surface area contributed by atoms with Crippen LogP contribution in [0.5, 0.6) is 0 Å². The van der Waals surface area contributed by atoms with Gasteiger partial charge >= 0.3 is 11.9 Å². The first-order chi connectivity index (χ1) is 21.0. The van der Waals surface area contributed by atoms with Gasteiger partial charge in [-0.1, -0.05) is 36.3 Å². The van der Waals surface area contributed by atoms with E-state index in [9.17, 15) is 34.5 Å². The maximum atomic E-state index is 13.2. The number of hydrogen-bond donors (Lipinski definition) is 3. The van der Waals surface area contributed by atoms with Crippen LogP contribution in [-0.4, -0.2) is 69.8 Å². The first kappa shape index (κ1) is 32.8. The van der Waals surface area contributed by atoms with Crippen molar-refractivity contribution in [2.45, 2.75) is 115 Å². The Labute approximate surface area is 259 Å². The second kappa shape index (κ2) is 13.8. The lowest BCUT2D eigenvalue weighted by Crippen LogP contribution is -2.51. The highest BCUT2D eigenvalue weighted by molar-refractivity contribution is 5.92. The summed E-state index contributed by atoms with van der Waals surface area (Å²) >= 11 is 0. The number of ketones is 2. The fourth-order valence-corrected chi connectivity index (χ4v) is 8.69. The molecule has 0 radical (unpaired) electrons. The lowest BCUT2D eigenvalue weighted by molar-refractivity contribution is -0.155. The molecule has 242 valence electrons. The zero-order valence-corrected chi connectivity index (χ0v) is 25.9. The van der Waals surface area contributed by atoms with Crippen LogP contribution < -0.4 is 0 Å². The molecule has 5 rings (SSSR count). The minimum Gasteiger partial charge on any atom is -0.465 e. The van der Waals surface area contributed by atoms with E-state index in [0.29, 0.717) is 51.4 Å². The molecule has 3 N–H and O–H groups in total. The number of allylic oxidation sites excluding steroid dienone is 5. The van der Waals surface area contributed by atoms with E-state index in [4.69, 9.17) is 9.47 Å². The van der Waals surface area contributed by atoms with Gasteiger partial charge in [0.05, 0.1) is 30.1 Å². The Bertz CT molecular complexity index is 1220. The molecule has 0 aromatic carbocycles. The Morgan fingerprint density at radius 3 is 2.59 bits per heavy atom. The topological polar surface area (TPSA) is 147 Å². The third-order valence-electron chi connectivity index (χ3n) is 11.1. The van der Waals surface area contributed by atoms with Gasteiger partial charge in [-0.25, -0.2) is 0 Å². The van der Waals surface area contributed by atoms with E-state index in [0.717, 1.165) is 25.7 Å². The van der Waals surface area contributed by atoms with Gasteiger partial charge in [-0.05, 0) is 94.5 Å². The highest BCUT2D eigenvalue weighted by Crippen LogP contribution is 2.61. The largest absolute Gasteiger partial charge is 0.465 e. The summed E-state index contributed by atoms with van der Waals surface area (Å²) in [7, 11) is 0. The summed E-state index contributed by atoms with van der Waals surface area (Å²) in [6, 6.07) is 0. The van der Waals surface area contributed by atoms with Crippen LogP contribution in [0.3, 0.4) is 0 Å². The predicted molar refractivity (Wildman–Crippen MR) is 161 cm³/mol. The zero-order chi connectivity index (χ0) is 31.5. The average molecular weight is 613 g/mol. The Kier molecular flexibility index (Phi) is 10.3. The minimum absolute atomic E-state index is 0.0210. The summed E-state index contributed by atoms with van der Waals surface area (Å²) in [5.74, 6) is -1.43. The van der Waals surface area contributed by atoms with E-state index in [1.165, 1.54) is 11.1 Å². The Morgan fingerprint density at radius 1 is 1.02 bits per heavy atom. The van der Waals surface area contributed by atoms with Crippen LogP contribution >= 0.6 is 0 Å². The minimum atomic E-state index is -1.15. The maximum Gasteiger partial charge on any atom is 0.309 e. The molecule has 3 saturated carbocycles. The van der Waals surface area contributed by atoms with Crippen LogP contribution in [-0.2, 0) is 28.7 Å². The Hall–Kier alpha value is -2.62. The van der Waals surface area contributed by atoms with Crippen LogP contribution in [0.25, 0.3) is 0 Å². The van der Waals surface area contributed by atoms with Gasteiger partial charge in [-0.3, -0.25) is 19.2 Å². The fraction of sp³-hybridized carbons (Fsp3) is 0.714. The molecule has 0 bridgehead atoms. The highest BCUT2D eigenvalue weighted by atomic mass is 16.5. The first-order valence-corrected chi connectivity index (χ1v) is 16.5. The number of hydrogen-bond acceptors (Lipinski definition) is 9. The van der Waals surface area contributed by atoms with Gasteiger partial charge in [0.2, 0.25) is 0 Å². The number of ether oxygens (including phenoxy) is 2. The molecule has 9 heteroatoms. The van der Waals surface area contributed by atoms with Crippen LogP contribution in [0.4, 0.5) is 0 Å². The second-order valence-corrected chi connectivity index (χ2v) is 13.9. The summed E-state index contributed by atoms with van der Waals surface area (Å²) in [6.07, 6.45) is 14.9. The number of carbonyl (C=O) groups is 4. The van der Waals surface area contributed by atoms with Crippen LogP contribution in [0.15, 0.2) is 35.5 Å². The van der Waals surface area contributed by atoms with E-state index in [2.05, 4.69) is 13.0 Å². The van der Waals surface area contributed by atoms with Crippen molar-refractivity contribution in [1.29, 1.82) is 0 Å². The number of carbonyl (C=O) groups excluding carboxylic acids is 4. The van der Waals surface area contributed by atoms with E-state index in [1.54, 1.807) is 0 Å². The summed E-state index contributed by atoms with van der Waals surface area (Å²) in [6.45, 7) is 1.71. The van der Waals surface area contributed by atoms with Crippen molar-refractivity contribution in [3.8, 4) is 0 Å². The fourth-order valence-electron chi connectivity index (χ4n) is 8.69. The number of Topliss-reactive ketones (excluding diaryl/α,β-unsaturated/α-hetero) is 1. The van der Waals surface area contributed by atoms with Gasteiger partial charge in [0.25, 0.3) is 0 Å². The van der Waals surface area contributed by atoms with Crippen LogP contribution in [0, 0.1) is 29.1 Å². The molecule has 8 atom stereocenters. The Balaban J connectivity index is 0.999. The van der Waals surface area contributed by atoms with Gasteiger partial charge in [-0.15, -0.1) is 0 Å². The summed E-state index contributed by atoms with van der Waals surface area (Å²) in [5, 5.41) is 31.3. The van der Waals surface area contributed by atoms with Crippen molar-refractivity contribution < 1.29 is 44.0 Å². The highest BCUT2D eigenvalue weighted by Gasteiger charge is 2.59. The van der Waals surface area contributed by atoms with Crippen molar-refractivity contribution >= 4 is 23.5 Å². The standard InChI is InChI=1S/C35H48O9/c1-34-15-12-24(36)19-23(34)8-9-26-27(34)13-16-35(42)28(26)10-11-29(35)31(39)21-44-33(41)14-17-43-32(40)7-5-3-2-4-6-22-18-25(37)20-30(22)38/h2,4,13,19,22,25-26,28-30,37-38,42H,3,5-12,14-18,20-21H2,1H3/b4-2-. The summed E-state index contributed by atoms with van der Waals surface area (Å²) in [5.41, 5.74) is 1.24. The smallest absolute Gasteiger partial charge is 0.309 e. The van der Waals surface area contributed by atoms with Gasteiger partial charge in [0.1, 0.15) is 13.2 Å². The first-order valence-electron chi connectivity index (χ1n) is 16.5. The molecule has 5 aliphatic carbocycles. The molecule has 0 aromatic rings. The molecular weight excluding hydrogens is 564 g/mol. The quantitative estimate of drug-likeness (QED) is 0.169. The third kappa shape index (κ3) is 6.95. The monoisotopic (exact) mass is 612 g/mol. The number of esters is 2.